The molecule has 20 heavy (non-hydrogen) atoms. The number of hydrogen-bond donors (Lipinski definition) is 1. The Hall–Kier alpha value is -1.89. The van der Waals surface area contributed by atoms with Crippen molar-refractivity contribution >= 4 is 21.9 Å². The number of pyridine rings is 1. The van der Waals surface area contributed by atoms with E-state index in [4.69, 9.17) is 9.84 Å². The van der Waals surface area contributed by atoms with E-state index in [2.05, 4.69) is 26.0 Å². The standard InChI is InChI=1S/C13H14BrN3O3/c1-3-17-11(12(14)8(2)16-17)7-20-9-4-5-10(13(18)19)15-6-9/h4-6H,3,7H2,1-2H3,(H,18,19). The SMILES string of the molecule is CCn1nc(C)c(Br)c1COc1ccc(C(=O)O)nc1. The molecule has 0 saturated heterocycles. The third kappa shape index (κ3) is 2.98. The first-order chi connectivity index (χ1) is 9.52. The summed E-state index contributed by atoms with van der Waals surface area (Å²) in [6.07, 6.45) is 1.40. The lowest BCUT2D eigenvalue weighted by Gasteiger charge is -2.08. The number of hydrogen-bond acceptors (Lipinski definition) is 4. The van der Waals surface area contributed by atoms with Gasteiger partial charge in [-0.25, -0.2) is 9.78 Å². The summed E-state index contributed by atoms with van der Waals surface area (Å²) < 4.78 is 8.40. The maximum absolute atomic E-state index is 10.7. The first kappa shape index (κ1) is 14.5. The lowest BCUT2D eigenvalue weighted by Crippen LogP contribution is -2.07. The highest BCUT2D eigenvalue weighted by Crippen LogP contribution is 2.22. The van der Waals surface area contributed by atoms with Gasteiger partial charge in [-0.3, -0.25) is 4.68 Å². The number of nitrogens with zero attached hydrogens (tertiary/aromatic N) is 3. The molecule has 2 rings (SSSR count). The van der Waals surface area contributed by atoms with Gasteiger partial charge in [0.05, 0.1) is 22.1 Å². The van der Waals surface area contributed by atoms with E-state index < -0.39 is 5.97 Å². The van der Waals surface area contributed by atoms with Gasteiger partial charge in [-0.2, -0.15) is 5.10 Å². The van der Waals surface area contributed by atoms with Crippen LogP contribution >= 0.6 is 15.9 Å². The minimum Gasteiger partial charge on any atom is -0.486 e. The Labute approximate surface area is 124 Å². The Morgan fingerprint density at radius 2 is 2.25 bits per heavy atom. The van der Waals surface area contributed by atoms with Crippen LogP contribution in [0.1, 0.15) is 28.8 Å². The number of rotatable bonds is 5. The summed E-state index contributed by atoms with van der Waals surface area (Å²) in [5.74, 6) is -0.539. The summed E-state index contributed by atoms with van der Waals surface area (Å²) in [5.41, 5.74) is 1.84. The fraction of sp³-hybridized carbons (Fsp3) is 0.308. The van der Waals surface area contributed by atoms with Crippen LogP contribution in [-0.4, -0.2) is 25.8 Å². The van der Waals surface area contributed by atoms with Gasteiger partial charge in [-0.05, 0) is 41.9 Å². The van der Waals surface area contributed by atoms with Gasteiger partial charge in [0.25, 0.3) is 0 Å². The molecular weight excluding hydrogens is 326 g/mol. The van der Waals surface area contributed by atoms with Crippen LogP contribution in [0.5, 0.6) is 5.75 Å². The molecule has 0 fully saturated rings. The van der Waals surface area contributed by atoms with E-state index >= 15 is 0 Å². The number of carboxylic acid groups (broad SMARTS) is 1. The molecule has 0 radical (unpaired) electrons. The summed E-state index contributed by atoms with van der Waals surface area (Å²) in [6.45, 7) is 5.01. The molecule has 6 nitrogen and oxygen atoms in total. The summed E-state index contributed by atoms with van der Waals surface area (Å²) in [7, 11) is 0. The Kier molecular flexibility index (Phi) is 4.39. The Morgan fingerprint density at radius 3 is 2.80 bits per heavy atom. The summed E-state index contributed by atoms with van der Waals surface area (Å²) >= 11 is 3.49. The van der Waals surface area contributed by atoms with Crippen molar-refractivity contribution in [3.63, 3.8) is 0 Å². The molecule has 7 heteroatoms. The highest BCUT2D eigenvalue weighted by Gasteiger charge is 2.13. The van der Waals surface area contributed by atoms with Crippen LogP contribution in [0.2, 0.25) is 0 Å². The lowest BCUT2D eigenvalue weighted by atomic mass is 10.3. The van der Waals surface area contributed by atoms with Crippen molar-refractivity contribution in [2.45, 2.75) is 27.0 Å². The first-order valence-corrected chi connectivity index (χ1v) is 6.86. The molecule has 2 aromatic rings. The first-order valence-electron chi connectivity index (χ1n) is 6.06. The third-order valence-corrected chi connectivity index (χ3v) is 3.82. The number of aromatic nitrogens is 3. The van der Waals surface area contributed by atoms with Crippen molar-refractivity contribution in [1.29, 1.82) is 0 Å². The lowest BCUT2D eigenvalue weighted by molar-refractivity contribution is 0.0690. The smallest absolute Gasteiger partial charge is 0.354 e. The largest absolute Gasteiger partial charge is 0.486 e. The molecule has 106 valence electrons. The van der Waals surface area contributed by atoms with Crippen LogP contribution < -0.4 is 4.74 Å². The van der Waals surface area contributed by atoms with Gasteiger partial charge in [0, 0.05) is 6.54 Å². The van der Waals surface area contributed by atoms with Crippen molar-refractivity contribution in [3.8, 4) is 5.75 Å². The molecule has 0 aliphatic rings. The molecule has 2 heterocycles. The molecule has 0 saturated carbocycles. The van der Waals surface area contributed by atoms with Crippen LogP contribution in [0.15, 0.2) is 22.8 Å². The zero-order chi connectivity index (χ0) is 14.7. The van der Waals surface area contributed by atoms with E-state index in [1.165, 1.54) is 12.3 Å². The predicted molar refractivity (Wildman–Crippen MR) is 75.9 cm³/mol. The maximum atomic E-state index is 10.7. The number of ether oxygens (including phenoxy) is 1. The molecule has 0 atom stereocenters. The molecule has 0 aromatic carbocycles. The highest BCUT2D eigenvalue weighted by atomic mass is 79.9. The number of aryl methyl sites for hydroxylation is 2. The Bertz CT molecular complexity index is 623. The van der Waals surface area contributed by atoms with Gasteiger partial charge in [-0.15, -0.1) is 0 Å². The average molecular weight is 340 g/mol. The van der Waals surface area contributed by atoms with Crippen LogP contribution in [-0.2, 0) is 13.2 Å². The number of halogens is 1. The van der Waals surface area contributed by atoms with Crippen molar-refractivity contribution < 1.29 is 14.6 Å². The molecule has 0 bridgehead atoms. The Morgan fingerprint density at radius 1 is 1.50 bits per heavy atom. The van der Waals surface area contributed by atoms with Gasteiger partial charge < -0.3 is 9.84 Å². The Balaban J connectivity index is 2.10. The number of carbonyl (C=O) groups is 1. The zero-order valence-electron chi connectivity index (χ0n) is 11.1. The van der Waals surface area contributed by atoms with E-state index in [-0.39, 0.29) is 5.69 Å². The van der Waals surface area contributed by atoms with Crippen LogP contribution in [0.3, 0.4) is 0 Å². The maximum Gasteiger partial charge on any atom is 0.354 e. The third-order valence-electron chi connectivity index (χ3n) is 2.78. The molecule has 0 spiro atoms. The second-order valence-electron chi connectivity index (χ2n) is 4.13. The van der Waals surface area contributed by atoms with E-state index in [1.54, 1.807) is 6.07 Å². The second kappa shape index (κ2) is 6.04. The zero-order valence-corrected chi connectivity index (χ0v) is 12.7. The summed E-state index contributed by atoms with van der Waals surface area (Å²) in [5, 5.41) is 13.1. The molecular formula is C13H14BrN3O3. The van der Waals surface area contributed by atoms with Gasteiger partial charge in [-0.1, -0.05) is 0 Å². The van der Waals surface area contributed by atoms with E-state index in [0.29, 0.717) is 12.4 Å². The van der Waals surface area contributed by atoms with E-state index in [0.717, 1.165) is 22.4 Å². The quantitative estimate of drug-likeness (QED) is 0.905. The topological polar surface area (TPSA) is 77.2 Å². The fourth-order valence-electron chi connectivity index (χ4n) is 1.75. The van der Waals surface area contributed by atoms with Crippen LogP contribution in [0.25, 0.3) is 0 Å². The summed E-state index contributed by atoms with van der Waals surface area (Å²) in [6, 6.07) is 3.00. The van der Waals surface area contributed by atoms with Gasteiger partial charge in [0.1, 0.15) is 18.1 Å². The van der Waals surface area contributed by atoms with Crippen molar-refractivity contribution in [2.24, 2.45) is 0 Å². The van der Waals surface area contributed by atoms with Crippen molar-refractivity contribution in [1.82, 2.24) is 14.8 Å². The minimum atomic E-state index is -1.06. The molecule has 0 aliphatic heterocycles. The molecule has 1 N–H and O–H groups in total. The predicted octanol–water partition coefficient (Wildman–Crippen LogP) is 2.65. The number of carboxylic acids is 1. The van der Waals surface area contributed by atoms with Gasteiger partial charge in [0.15, 0.2) is 0 Å². The molecule has 2 aromatic heterocycles. The monoisotopic (exact) mass is 339 g/mol. The van der Waals surface area contributed by atoms with E-state index in [1.807, 2.05) is 18.5 Å². The van der Waals surface area contributed by atoms with E-state index in [9.17, 15) is 4.79 Å². The van der Waals surface area contributed by atoms with Crippen LogP contribution in [0, 0.1) is 6.92 Å². The normalized spacial score (nSPS) is 10.6. The molecule has 0 unspecified atom stereocenters. The van der Waals surface area contributed by atoms with Gasteiger partial charge >= 0.3 is 5.97 Å². The van der Waals surface area contributed by atoms with Gasteiger partial charge in [0.2, 0.25) is 0 Å². The van der Waals surface area contributed by atoms with Crippen molar-refractivity contribution in [3.05, 3.63) is 39.9 Å². The molecule has 0 aliphatic carbocycles. The number of aromatic carboxylic acids is 1. The summed E-state index contributed by atoms with van der Waals surface area (Å²) in [4.78, 5) is 14.5. The van der Waals surface area contributed by atoms with Crippen molar-refractivity contribution in [2.75, 3.05) is 0 Å². The highest BCUT2D eigenvalue weighted by molar-refractivity contribution is 9.10. The average Bonchev–Trinajstić information content (AvgIpc) is 2.72. The molecule has 0 amide bonds. The second-order valence-corrected chi connectivity index (χ2v) is 4.93. The van der Waals surface area contributed by atoms with Crippen LogP contribution in [0.4, 0.5) is 0 Å². The fourth-order valence-corrected chi connectivity index (χ4v) is 2.15. The minimum absolute atomic E-state index is 0.00650.